The molecule has 0 unspecified atom stereocenters. The van der Waals surface area contributed by atoms with Gasteiger partial charge in [-0.3, -0.25) is 4.79 Å². The number of aromatic hydroxyl groups is 1. The van der Waals surface area contributed by atoms with Crippen LogP contribution in [0, 0.1) is 5.92 Å². The molecule has 7 heteroatoms. The number of amides is 2. The van der Waals surface area contributed by atoms with Crippen molar-refractivity contribution in [2.45, 2.75) is 38.5 Å². The van der Waals surface area contributed by atoms with Gasteiger partial charge in [0.15, 0.2) is 0 Å². The lowest BCUT2D eigenvalue weighted by molar-refractivity contribution is -0.117. The van der Waals surface area contributed by atoms with Crippen LogP contribution in [0.25, 0.3) is 11.3 Å². The molecule has 4 rings (SSSR count). The number of carbonyl (C=O) groups excluding carboxylic acids is 2. The van der Waals surface area contributed by atoms with Gasteiger partial charge in [0, 0.05) is 35.7 Å². The highest BCUT2D eigenvalue weighted by Crippen LogP contribution is 2.42. The molecule has 0 spiro atoms. The number of aromatic nitrogens is 2. The molecule has 2 aromatic rings. The Bertz CT molecular complexity index is 866. The summed E-state index contributed by atoms with van der Waals surface area (Å²) in [5.41, 5.74) is 2.53. The van der Waals surface area contributed by atoms with E-state index < -0.39 is 0 Å². The molecular weight excluding hydrogens is 332 g/mol. The lowest BCUT2D eigenvalue weighted by Crippen LogP contribution is -2.30. The second-order valence-electron chi connectivity index (χ2n) is 6.97. The molecule has 2 aliphatic rings. The lowest BCUT2D eigenvalue weighted by atomic mass is 10.1. The predicted octanol–water partition coefficient (Wildman–Crippen LogP) is 3.06. The standard InChI is InChI=1S/C19H22N4O3/c1-2-20-19(26)23-16(11-3-4-11)10-15(22-23)14-8-7-13(9-17(14)24)21-18(25)12-5-6-12/h7-12,24H,2-6H2,1H3,(H,20,26)(H,21,25). The van der Waals surface area contributed by atoms with E-state index in [1.807, 2.05) is 13.0 Å². The summed E-state index contributed by atoms with van der Waals surface area (Å²) in [4.78, 5) is 24.1. The molecule has 0 saturated heterocycles. The topological polar surface area (TPSA) is 96.3 Å². The second kappa shape index (κ2) is 6.48. The Kier molecular flexibility index (Phi) is 4.14. The molecule has 136 valence electrons. The van der Waals surface area contributed by atoms with Gasteiger partial charge in [0.25, 0.3) is 0 Å². The minimum atomic E-state index is -0.256. The first-order valence-corrected chi connectivity index (χ1v) is 9.09. The fourth-order valence-electron chi connectivity index (χ4n) is 3.00. The lowest BCUT2D eigenvalue weighted by Gasteiger charge is -2.07. The molecule has 0 atom stereocenters. The van der Waals surface area contributed by atoms with Crippen LogP contribution in [0.15, 0.2) is 24.3 Å². The molecular formula is C19H22N4O3. The third-order valence-electron chi connectivity index (χ3n) is 4.74. The number of phenolic OH excluding ortho intramolecular Hbond substituents is 1. The van der Waals surface area contributed by atoms with E-state index in [2.05, 4.69) is 15.7 Å². The Morgan fingerprint density at radius 2 is 2.00 bits per heavy atom. The molecule has 2 amide bonds. The quantitative estimate of drug-likeness (QED) is 0.769. The van der Waals surface area contributed by atoms with Crippen LogP contribution in [0.2, 0.25) is 0 Å². The van der Waals surface area contributed by atoms with Gasteiger partial charge in [-0.2, -0.15) is 9.78 Å². The number of nitrogens with one attached hydrogen (secondary N) is 2. The van der Waals surface area contributed by atoms with Crippen LogP contribution in [-0.4, -0.2) is 33.4 Å². The number of phenols is 1. The summed E-state index contributed by atoms with van der Waals surface area (Å²) in [6.45, 7) is 2.39. The molecule has 2 aliphatic carbocycles. The number of rotatable bonds is 5. The summed E-state index contributed by atoms with van der Waals surface area (Å²) in [5, 5.41) is 20.4. The van der Waals surface area contributed by atoms with E-state index in [4.69, 9.17) is 0 Å². The Balaban J connectivity index is 1.61. The Hall–Kier alpha value is -2.83. The van der Waals surface area contributed by atoms with Gasteiger partial charge in [-0.1, -0.05) is 0 Å². The zero-order valence-corrected chi connectivity index (χ0v) is 14.7. The first-order chi connectivity index (χ1) is 12.6. The van der Waals surface area contributed by atoms with Gasteiger partial charge >= 0.3 is 6.03 Å². The van der Waals surface area contributed by atoms with Crippen LogP contribution in [0.1, 0.15) is 44.2 Å². The SMILES string of the molecule is CCNC(=O)n1nc(-c2ccc(NC(=O)C3CC3)cc2O)cc1C1CC1. The number of hydrogen-bond acceptors (Lipinski definition) is 4. The first kappa shape index (κ1) is 16.6. The largest absolute Gasteiger partial charge is 0.507 e. The van der Waals surface area contributed by atoms with Gasteiger partial charge in [-0.25, -0.2) is 4.79 Å². The van der Waals surface area contributed by atoms with Crippen molar-refractivity contribution >= 4 is 17.6 Å². The molecule has 2 saturated carbocycles. The molecule has 7 nitrogen and oxygen atoms in total. The van der Waals surface area contributed by atoms with Crippen molar-refractivity contribution < 1.29 is 14.7 Å². The van der Waals surface area contributed by atoms with E-state index in [1.165, 1.54) is 10.7 Å². The van der Waals surface area contributed by atoms with E-state index in [0.29, 0.717) is 29.4 Å². The van der Waals surface area contributed by atoms with Crippen molar-refractivity contribution in [3.63, 3.8) is 0 Å². The number of carbonyl (C=O) groups is 2. The summed E-state index contributed by atoms with van der Waals surface area (Å²) in [6.07, 6.45) is 3.94. The molecule has 1 aromatic carbocycles. The van der Waals surface area contributed by atoms with Crippen LogP contribution in [-0.2, 0) is 4.79 Å². The van der Waals surface area contributed by atoms with E-state index in [1.54, 1.807) is 12.1 Å². The Morgan fingerprint density at radius 3 is 2.62 bits per heavy atom. The molecule has 26 heavy (non-hydrogen) atoms. The van der Waals surface area contributed by atoms with Crippen LogP contribution in [0.3, 0.4) is 0 Å². The molecule has 0 aliphatic heterocycles. The zero-order valence-electron chi connectivity index (χ0n) is 14.7. The summed E-state index contributed by atoms with van der Waals surface area (Å²) in [7, 11) is 0. The Labute approximate surface area is 151 Å². The monoisotopic (exact) mass is 354 g/mol. The van der Waals surface area contributed by atoms with Crippen LogP contribution >= 0.6 is 0 Å². The summed E-state index contributed by atoms with van der Waals surface area (Å²) in [6, 6.07) is 6.60. The van der Waals surface area contributed by atoms with Crippen molar-refractivity contribution in [1.82, 2.24) is 15.1 Å². The van der Waals surface area contributed by atoms with Crippen LogP contribution < -0.4 is 10.6 Å². The van der Waals surface area contributed by atoms with Gasteiger partial charge in [0.05, 0.1) is 11.4 Å². The average Bonchev–Trinajstić information content (AvgIpc) is 3.52. The molecule has 0 bridgehead atoms. The van der Waals surface area contributed by atoms with Crippen molar-refractivity contribution in [3.05, 3.63) is 30.0 Å². The normalized spacial score (nSPS) is 16.3. The summed E-state index contributed by atoms with van der Waals surface area (Å²) >= 11 is 0. The predicted molar refractivity (Wildman–Crippen MR) is 97.1 cm³/mol. The number of nitrogens with zero attached hydrogens (tertiary/aromatic N) is 2. The van der Waals surface area contributed by atoms with Crippen LogP contribution in [0.5, 0.6) is 5.75 Å². The van der Waals surface area contributed by atoms with E-state index in [0.717, 1.165) is 31.4 Å². The van der Waals surface area contributed by atoms with Gasteiger partial charge in [0.1, 0.15) is 5.75 Å². The highest BCUT2D eigenvalue weighted by Gasteiger charge is 2.31. The molecule has 1 heterocycles. The Morgan fingerprint density at radius 1 is 1.23 bits per heavy atom. The maximum absolute atomic E-state index is 12.3. The van der Waals surface area contributed by atoms with Crippen molar-refractivity contribution in [3.8, 4) is 17.0 Å². The fraction of sp³-hybridized carbons (Fsp3) is 0.421. The van der Waals surface area contributed by atoms with Crippen molar-refractivity contribution in [1.29, 1.82) is 0 Å². The molecule has 1 aromatic heterocycles. The van der Waals surface area contributed by atoms with Gasteiger partial charge in [-0.15, -0.1) is 0 Å². The highest BCUT2D eigenvalue weighted by atomic mass is 16.3. The zero-order chi connectivity index (χ0) is 18.3. The fourth-order valence-corrected chi connectivity index (χ4v) is 3.00. The number of hydrogen-bond donors (Lipinski definition) is 3. The van der Waals surface area contributed by atoms with Crippen molar-refractivity contribution in [2.75, 3.05) is 11.9 Å². The first-order valence-electron chi connectivity index (χ1n) is 9.09. The van der Waals surface area contributed by atoms with E-state index in [-0.39, 0.29) is 23.6 Å². The van der Waals surface area contributed by atoms with Gasteiger partial charge < -0.3 is 15.7 Å². The van der Waals surface area contributed by atoms with Crippen molar-refractivity contribution in [2.24, 2.45) is 5.92 Å². The van der Waals surface area contributed by atoms with Gasteiger partial charge in [-0.05, 0) is 50.8 Å². The highest BCUT2D eigenvalue weighted by molar-refractivity contribution is 5.94. The summed E-state index contributed by atoms with van der Waals surface area (Å²) in [5.74, 6) is 0.471. The molecule has 0 radical (unpaired) electrons. The van der Waals surface area contributed by atoms with Gasteiger partial charge in [0.2, 0.25) is 5.91 Å². The third-order valence-corrected chi connectivity index (χ3v) is 4.74. The number of anilines is 1. The van der Waals surface area contributed by atoms with Crippen LogP contribution in [0.4, 0.5) is 10.5 Å². The van der Waals surface area contributed by atoms with E-state index in [9.17, 15) is 14.7 Å². The van der Waals surface area contributed by atoms with E-state index >= 15 is 0 Å². The summed E-state index contributed by atoms with van der Waals surface area (Å²) < 4.78 is 1.40. The molecule has 2 fully saturated rings. The third kappa shape index (κ3) is 3.29. The number of benzene rings is 1. The minimum Gasteiger partial charge on any atom is -0.507 e. The molecule has 3 N–H and O–H groups in total. The average molecular weight is 354 g/mol. The smallest absolute Gasteiger partial charge is 0.342 e. The maximum atomic E-state index is 12.3. The maximum Gasteiger partial charge on any atom is 0.342 e. The second-order valence-corrected chi connectivity index (χ2v) is 6.97. The minimum absolute atomic E-state index is 0.00585.